The van der Waals surface area contributed by atoms with E-state index < -0.39 is 18.5 Å². The van der Waals surface area contributed by atoms with Crippen LogP contribution in [0.15, 0.2) is 18.2 Å². The highest BCUT2D eigenvalue weighted by molar-refractivity contribution is 5.77. The van der Waals surface area contributed by atoms with Crippen molar-refractivity contribution >= 4 is 5.97 Å². The SMILES string of the molecule is COC(=O)C(O)c1cc(C(F)F)ccc1OC. The van der Waals surface area contributed by atoms with Crippen molar-refractivity contribution < 1.29 is 28.2 Å². The molecule has 0 bridgehead atoms. The summed E-state index contributed by atoms with van der Waals surface area (Å²) in [7, 11) is 2.40. The second kappa shape index (κ2) is 5.58. The fraction of sp³-hybridized carbons (Fsp3) is 0.364. The Morgan fingerprint density at radius 3 is 2.47 bits per heavy atom. The molecule has 0 saturated heterocycles. The zero-order chi connectivity index (χ0) is 13.0. The number of hydrogen-bond acceptors (Lipinski definition) is 4. The lowest BCUT2D eigenvalue weighted by molar-refractivity contribution is -0.150. The van der Waals surface area contributed by atoms with Crippen LogP contribution in [-0.2, 0) is 9.53 Å². The van der Waals surface area contributed by atoms with Gasteiger partial charge in [-0.05, 0) is 18.2 Å². The molecule has 0 amide bonds. The van der Waals surface area contributed by atoms with Gasteiger partial charge in [0, 0.05) is 11.1 Å². The Bertz CT molecular complexity index is 406. The first-order valence-corrected chi connectivity index (χ1v) is 4.73. The summed E-state index contributed by atoms with van der Waals surface area (Å²) in [6.45, 7) is 0. The van der Waals surface area contributed by atoms with Crippen molar-refractivity contribution in [1.82, 2.24) is 0 Å². The lowest BCUT2D eigenvalue weighted by atomic mass is 10.0. The van der Waals surface area contributed by atoms with Crippen molar-refractivity contribution in [3.8, 4) is 5.75 Å². The fourth-order valence-electron chi connectivity index (χ4n) is 1.34. The molecule has 0 aliphatic carbocycles. The monoisotopic (exact) mass is 246 g/mol. The van der Waals surface area contributed by atoms with Crippen LogP contribution in [0.3, 0.4) is 0 Å². The highest BCUT2D eigenvalue weighted by atomic mass is 19.3. The van der Waals surface area contributed by atoms with Crippen molar-refractivity contribution in [3.63, 3.8) is 0 Å². The highest BCUT2D eigenvalue weighted by Crippen LogP contribution is 2.30. The average Bonchev–Trinajstić information content (AvgIpc) is 2.35. The van der Waals surface area contributed by atoms with Gasteiger partial charge in [0.15, 0.2) is 6.10 Å². The van der Waals surface area contributed by atoms with E-state index in [1.807, 2.05) is 0 Å². The lowest BCUT2D eigenvalue weighted by Crippen LogP contribution is -2.14. The molecule has 0 saturated carbocycles. The Morgan fingerprint density at radius 2 is 2.00 bits per heavy atom. The minimum atomic E-state index is -2.69. The number of aliphatic hydroxyl groups is 1. The first-order chi connectivity index (χ1) is 8.01. The van der Waals surface area contributed by atoms with E-state index in [1.165, 1.54) is 13.2 Å². The molecular formula is C11H12F2O4. The number of carbonyl (C=O) groups excluding carboxylic acids is 1. The van der Waals surface area contributed by atoms with Crippen LogP contribution < -0.4 is 4.74 Å². The zero-order valence-corrected chi connectivity index (χ0v) is 9.31. The van der Waals surface area contributed by atoms with Gasteiger partial charge in [0.05, 0.1) is 14.2 Å². The fourth-order valence-corrected chi connectivity index (χ4v) is 1.34. The molecule has 1 N–H and O–H groups in total. The summed E-state index contributed by atoms with van der Waals surface area (Å²) in [4.78, 5) is 11.1. The van der Waals surface area contributed by atoms with E-state index in [4.69, 9.17) is 4.74 Å². The Kier molecular flexibility index (Phi) is 4.39. The Balaban J connectivity index is 3.18. The van der Waals surface area contributed by atoms with Crippen molar-refractivity contribution in [1.29, 1.82) is 0 Å². The van der Waals surface area contributed by atoms with Gasteiger partial charge in [0.2, 0.25) is 0 Å². The molecule has 1 atom stereocenters. The van der Waals surface area contributed by atoms with E-state index in [0.717, 1.165) is 19.2 Å². The molecule has 6 heteroatoms. The van der Waals surface area contributed by atoms with Gasteiger partial charge in [-0.2, -0.15) is 0 Å². The number of benzene rings is 1. The van der Waals surface area contributed by atoms with E-state index in [0.29, 0.717) is 0 Å². The number of methoxy groups -OCH3 is 2. The first-order valence-electron chi connectivity index (χ1n) is 4.73. The molecule has 0 heterocycles. The normalized spacial score (nSPS) is 12.4. The number of alkyl halides is 2. The number of aliphatic hydroxyl groups excluding tert-OH is 1. The van der Waals surface area contributed by atoms with Gasteiger partial charge in [-0.15, -0.1) is 0 Å². The Labute approximate surface area is 96.8 Å². The molecular weight excluding hydrogens is 234 g/mol. The van der Waals surface area contributed by atoms with Gasteiger partial charge in [-0.25, -0.2) is 13.6 Å². The van der Waals surface area contributed by atoms with Crippen molar-refractivity contribution in [2.45, 2.75) is 12.5 Å². The predicted octanol–water partition coefficient (Wildman–Crippen LogP) is 1.84. The molecule has 1 unspecified atom stereocenters. The second-order valence-corrected chi connectivity index (χ2v) is 3.23. The molecule has 94 valence electrons. The number of rotatable bonds is 4. The number of halogens is 2. The van der Waals surface area contributed by atoms with Gasteiger partial charge in [-0.1, -0.05) is 0 Å². The second-order valence-electron chi connectivity index (χ2n) is 3.23. The smallest absolute Gasteiger partial charge is 0.339 e. The van der Waals surface area contributed by atoms with E-state index in [2.05, 4.69) is 4.74 Å². The van der Waals surface area contributed by atoms with Crippen LogP contribution in [0.2, 0.25) is 0 Å². The summed E-state index contributed by atoms with van der Waals surface area (Å²) in [5, 5.41) is 9.61. The van der Waals surface area contributed by atoms with Crippen LogP contribution in [0, 0.1) is 0 Å². The van der Waals surface area contributed by atoms with Crippen LogP contribution >= 0.6 is 0 Å². The molecule has 0 aliphatic heterocycles. The zero-order valence-electron chi connectivity index (χ0n) is 9.31. The summed E-state index contributed by atoms with van der Waals surface area (Å²) < 4.78 is 34.2. The predicted molar refractivity (Wildman–Crippen MR) is 54.9 cm³/mol. The van der Waals surface area contributed by atoms with Crippen LogP contribution in [0.4, 0.5) is 8.78 Å². The maximum Gasteiger partial charge on any atom is 0.339 e. The molecule has 0 radical (unpaired) electrons. The number of carbonyl (C=O) groups is 1. The van der Waals surface area contributed by atoms with Crippen LogP contribution in [0.1, 0.15) is 23.7 Å². The highest BCUT2D eigenvalue weighted by Gasteiger charge is 2.23. The maximum atomic E-state index is 12.5. The molecule has 0 spiro atoms. The average molecular weight is 246 g/mol. The minimum Gasteiger partial charge on any atom is -0.496 e. The van der Waals surface area contributed by atoms with E-state index in [9.17, 15) is 18.7 Å². The summed E-state index contributed by atoms with van der Waals surface area (Å²) in [6, 6.07) is 3.45. The third-order valence-electron chi connectivity index (χ3n) is 2.22. The van der Waals surface area contributed by atoms with Crippen molar-refractivity contribution in [2.24, 2.45) is 0 Å². The van der Waals surface area contributed by atoms with E-state index in [1.54, 1.807) is 0 Å². The van der Waals surface area contributed by atoms with Gasteiger partial charge >= 0.3 is 5.97 Å². The van der Waals surface area contributed by atoms with Gasteiger partial charge < -0.3 is 14.6 Å². The molecule has 0 aliphatic rings. The molecule has 4 nitrogen and oxygen atoms in total. The molecule has 0 fully saturated rings. The van der Waals surface area contributed by atoms with Gasteiger partial charge in [0.1, 0.15) is 5.75 Å². The van der Waals surface area contributed by atoms with Crippen LogP contribution in [0.5, 0.6) is 5.75 Å². The van der Waals surface area contributed by atoms with Crippen molar-refractivity contribution in [3.05, 3.63) is 29.3 Å². The molecule has 0 aromatic heterocycles. The molecule has 1 rings (SSSR count). The number of ether oxygens (including phenoxy) is 2. The summed E-state index contributed by atoms with van der Waals surface area (Å²) in [5.41, 5.74) is -0.346. The summed E-state index contributed by atoms with van der Waals surface area (Å²) >= 11 is 0. The molecule has 1 aromatic carbocycles. The number of esters is 1. The Morgan fingerprint density at radius 1 is 1.35 bits per heavy atom. The van der Waals surface area contributed by atoms with Gasteiger partial charge in [0.25, 0.3) is 6.43 Å². The summed E-state index contributed by atoms with van der Waals surface area (Å²) in [6.07, 6.45) is -4.34. The van der Waals surface area contributed by atoms with Gasteiger partial charge in [-0.3, -0.25) is 0 Å². The Hall–Kier alpha value is -1.69. The third kappa shape index (κ3) is 2.91. The third-order valence-corrected chi connectivity index (χ3v) is 2.22. The van der Waals surface area contributed by atoms with Crippen molar-refractivity contribution in [2.75, 3.05) is 14.2 Å². The van der Waals surface area contributed by atoms with E-state index in [-0.39, 0.29) is 16.9 Å². The summed E-state index contributed by atoms with van der Waals surface area (Å²) in [5.74, 6) is -0.790. The van der Waals surface area contributed by atoms with Crippen LogP contribution in [-0.4, -0.2) is 25.3 Å². The van der Waals surface area contributed by atoms with E-state index >= 15 is 0 Å². The molecule has 1 aromatic rings. The number of hydrogen-bond donors (Lipinski definition) is 1. The topological polar surface area (TPSA) is 55.8 Å². The standard InChI is InChI=1S/C11H12F2O4/c1-16-8-4-3-6(10(12)13)5-7(8)9(14)11(15)17-2/h3-5,9-10,14H,1-2H3. The molecule has 17 heavy (non-hydrogen) atoms. The van der Waals surface area contributed by atoms with Crippen LogP contribution in [0.25, 0.3) is 0 Å². The quantitative estimate of drug-likeness (QED) is 0.823. The largest absolute Gasteiger partial charge is 0.496 e. The minimum absolute atomic E-state index is 0.0443. The maximum absolute atomic E-state index is 12.5. The lowest BCUT2D eigenvalue weighted by Gasteiger charge is -2.14. The first kappa shape index (κ1) is 13.4.